The summed E-state index contributed by atoms with van der Waals surface area (Å²) in [5.41, 5.74) is 6.65. The molecule has 4 nitrogen and oxygen atoms in total. The summed E-state index contributed by atoms with van der Waals surface area (Å²) in [6.07, 6.45) is 5.47. The zero-order valence-electron chi connectivity index (χ0n) is 11.5. The van der Waals surface area contributed by atoms with E-state index in [1.807, 2.05) is 12.1 Å². The van der Waals surface area contributed by atoms with Gasteiger partial charge in [0.25, 0.3) is 5.91 Å². The van der Waals surface area contributed by atoms with E-state index in [0.717, 1.165) is 18.5 Å². The minimum atomic E-state index is -0.232. The lowest BCUT2D eigenvalue weighted by Crippen LogP contribution is -2.40. The lowest BCUT2D eigenvalue weighted by Gasteiger charge is -2.19. The number of nitrogens with one attached hydrogen (secondary N) is 2. The summed E-state index contributed by atoms with van der Waals surface area (Å²) >= 11 is 5.94. The Morgan fingerprint density at radius 2 is 2.25 bits per heavy atom. The van der Waals surface area contributed by atoms with E-state index in [9.17, 15) is 4.79 Å². The molecule has 1 atom stereocenters. The van der Waals surface area contributed by atoms with Gasteiger partial charge in [0, 0.05) is 5.70 Å². The highest BCUT2D eigenvalue weighted by atomic mass is 35.5. The van der Waals surface area contributed by atoms with Crippen LogP contribution < -0.4 is 15.6 Å². The Hall–Kier alpha value is -1.68. The van der Waals surface area contributed by atoms with Crippen LogP contribution in [-0.2, 0) is 4.79 Å². The average molecular weight is 295 g/mol. The molecule has 0 bridgehead atoms. The first kappa shape index (κ1) is 14.7. The summed E-state index contributed by atoms with van der Waals surface area (Å²) in [5, 5.41) is 0.497. The van der Waals surface area contributed by atoms with Crippen LogP contribution in [0.2, 0.25) is 5.02 Å². The molecule has 0 unspecified atom stereocenters. The van der Waals surface area contributed by atoms with Gasteiger partial charge in [-0.25, -0.2) is 0 Å². The number of hydrazine groups is 1. The number of ether oxygens (including phenoxy) is 1. The Morgan fingerprint density at radius 1 is 1.45 bits per heavy atom. The topological polar surface area (TPSA) is 50.4 Å². The van der Waals surface area contributed by atoms with Crippen molar-refractivity contribution in [3.05, 3.63) is 41.1 Å². The number of carbonyl (C=O) groups is 1. The predicted molar refractivity (Wildman–Crippen MR) is 79.3 cm³/mol. The number of amides is 1. The van der Waals surface area contributed by atoms with E-state index < -0.39 is 0 Å². The highest BCUT2D eigenvalue weighted by molar-refractivity contribution is 6.32. The number of allylic oxidation sites excluding steroid dienone is 2. The Labute approximate surface area is 124 Å². The van der Waals surface area contributed by atoms with E-state index in [1.54, 1.807) is 12.1 Å². The number of rotatable bonds is 5. The van der Waals surface area contributed by atoms with Crippen LogP contribution in [0, 0.1) is 5.92 Å². The van der Waals surface area contributed by atoms with E-state index in [0.29, 0.717) is 16.7 Å². The second-order valence-corrected chi connectivity index (χ2v) is 5.36. The van der Waals surface area contributed by atoms with Gasteiger partial charge in [-0.2, -0.15) is 0 Å². The molecule has 0 fully saturated rings. The smallest absolute Gasteiger partial charge is 0.276 e. The molecule has 5 heteroatoms. The minimum Gasteiger partial charge on any atom is -0.482 e. The zero-order chi connectivity index (χ0) is 14.4. The molecule has 0 aliphatic heterocycles. The van der Waals surface area contributed by atoms with E-state index >= 15 is 0 Å². The van der Waals surface area contributed by atoms with Crippen molar-refractivity contribution in [3.63, 3.8) is 0 Å². The van der Waals surface area contributed by atoms with Crippen molar-refractivity contribution in [2.24, 2.45) is 5.92 Å². The van der Waals surface area contributed by atoms with Gasteiger partial charge in [0.05, 0.1) is 5.02 Å². The second-order valence-electron chi connectivity index (χ2n) is 4.95. The predicted octanol–water partition coefficient (Wildman–Crippen LogP) is 3.04. The van der Waals surface area contributed by atoms with Crippen LogP contribution in [-0.4, -0.2) is 12.5 Å². The summed E-state index contributed by atoms with van der Waals surface area (Å²) in [6.45, 7) is 2.10. The highest BCUT2D eigenvalue weighted by Gasteiger charge is 2.10. The first-order valence-corrected chi connectivity index (χ1v) is 7.16. The molecular weight excluding hydrogens is 276 g/mol. The van der Waals surface area contributed by atoms with Gasteiger partial charge in [0.2, 0.25) is 0 Å². The number of halogens is 1. The van der Waals surface area contributed by atoms with Crippen molar-refractivity contribution in [2.45, 2.75) is 26.2 Å². The van der Waals surface area contributed by atoms with E-state index in [-0.39, 0.29) is 12.5 Å². The van der Waals surface area contributed by atoms with Crippen molar-refractivity contribution < 1.29 is 9.53 Å². The third-order valence-electron chi connectivity index (χ3n) is 3.15. The quantitative estimate of drug-likeness (QED) is 0.821. The van der Waals surface area contributed by atoms with Gasteiger partial charge in [-0.15, -0.1) is 0 Å². The van der Waals surface area contributed by atoms with Gasteiger partial charge >= 0.3 is 0 Å². The highest BCUT2D eigenvalue weighted by Crippen LogP contribution is 2.23. The fourth-order valence-electron chi connectivity index (χ4n) is 2.12. The van der Waals surface area contributed by atoms with Crippen LogP contribution in [0.15, 0.2) is 36.0 Å². The summed E-state index contributed by atoms with van der Waals surface area (Å²) in [7, 11) is 0. The van der Waals surface area contributed by atoms with Crippen molar-refractivity contribution in [2.75, 3.05) is 6.61 Å². The lowest BCUT2D eigenvalue weighted by molar-refractivity contribution is -0.123. The maximum Gasteiger partial charge on any atom is 0.276 e. The molecule has 0 aromatic heterocycles. The minimum absolute atomic E-state index is 0.0699. The molecule has 1 aromatic rings. The monoisotopic (exact) mass is 294 g/mol. The Kier molecular flexibility index (Phi) is 5.30. The number of benzene rings is 1. The fraction of sp³-hybridized carbons (Fsp3) is 0.400. The van der Waals surface area contributed by atoms with Crippen LogP contribution in [0.4, 0.5) is 0 Å². The van der Waals surface area contributed by atoms with Crippen molar-refractivity contribution in [3.8, 4) is 5.75 Å². The van der Waals surface area contributed by atoms with E-state index in [2.05, 4.69) is 23.9 Å². The van der Waals surface area contributed by atoms with Gasteiger partial charge in [0.1, 0.15) is 5.75 Å². The first-order valence-electron chi connectivity index (χ1n) is 6.78. The van der Waals surface area contributed by atoms with Gasteiger partial charge < -0.3 is 10.2 Å². The normalized spacial score (nSPS) is 18.1. The maximum absolute atomic E-state index is 11.7. The Morgan fingerprint density at radius 3 is 3.00 bits per heavy atom. The third-order valence-corrected chi connectivity index (χ3v) is 3.46. The molecule has 1 aliphatic rings. The van der Waals surface area contributed by atoms with E-state index in [4.69, 9.17) is 16.3 Å². The average Bonchev–Trinajstić information content (AvgIpc) is 2.44. The standard InChI is InChI=1S/C15H19ClN2O2/c1-11-5-4-6-12(9-11)17-18-15(19)10-20-14-8-3-2-7-13(14)16/h2-3,7-9,11,17H,4-6,10H2,1H3,(H,18,19)/t11-/m0/s1. The lowest BCUT2D eigenvalue weighted by atomic mass is 9.96. The molecular formula is C15H19ClN2O2. The molecule has 2 rings (SSSR count). The molecule has 0 saturated heterocycles. The van der Waals surface area contributed by atoms with Crippen molar-refractivity contribution in [1.29, 1.82) is 0 Å². The van der Waals surface area contributed by atoms with Crippen LogP contribution in [0.5, 0.6) is 5.75 Å². The second kappa shape index (κ2) is 7.20. The molecule has 0 saturated carbocycles. The van der Waals surface area contributed by atoms with Crippen molar-refractivity contribution >= 4 is 17.5 Å². The first-order chi connectivity index (χ1) is 9.65. The van der Waals surface area contributed by atoms with Gasteiger partial charge in [-0.3, -0.25) is 10.2 Å². The third kappa shape index (κ3) is 4.46. The van der Waals surface area contributed by atoms with Gasteiger partial charge in [0.15, 0.2) is 6.61 Å². The maximum atomic E-state index is 11.7. The van der Waals surface area contributed by atoms with Crippen LogP contribution in [0.3, 0.4) is 0 Å². The molecule has 1 amide bonds. The number of para-hydroxylation sites is 1. The van der Waals surface area contributed by atoms with Gasteiger partial charge in [-0.05, 0) is 37.3 Å². The largest absolute Gasteiger partial charge is 0.482 e. The number of carbonyl (C=O) groups excluding carboxylic acids is 1. The number of hydrogen-bond donors (Lipinski definition) is 2. The molecule has 0 spiro atoms. The van der Waals surface area contributed by atoms with Crippen LogP contribution in [0.25, 0.3) is 0 Å². The van der Waals surface area contributed by atoms with Gasteiger partial charge in [-0.1, -0.05) is 36.7 Å². The Balaban J connectivity index is 1.75. The zero-order valence-corrected chi connectivity index (χ0v) is 12.2. The van der Waals surface area contributed by atoms with Crippen LogP contribution >= 0.6 is 11.6 Å². The summed E-state index contributed by atoms with van der Waals surface area (Å²) in [6, 6.07) is 7.08. The molecule has 0 radical (unpaired) electrons. The van der Waals surface area contributed by atoms with Crippen molar-refractivity contribution in [1.82, 2.24) is 10.9 Å². The Bertz CT molecular complexity index is 502. The fourth-order valence-corrected chi connectivity index (χ4v) is 2.31. The molecule has 20 heavy (non-hydrogen) atoms. The summed E-state index contributed by atoms with van der Waals surface area (Å²) < 4.78 is 5.36. The molecule has 1 aromatic carbocycles. The molecule has 108 valence electrons. The summed E-state index contributed by atoms with van der Waals surface area (Å²) in [4.78, 5) is 11.7. The molecule has 1 aliphatic carbocycles. The van der Waals surface area contributed by atoms with Crippen LogP contribution in [0.1, 0.15) is 26.2 Å². The molecule has 2 N–H and O–H groups in total. The number of hydrogen-bond acceptors (Lipinski definition) is 3. The summed E-state index contributed by atoms with van der Waals surface area (Å²) in [5.74, 6) is 0.835. The molecule has 0 heterocycles. The SMILES string of the molecule is C[C@@H]1C=C(NNC(=O)COc2ccccc2Cl)CCC1. The van der Waals surface area contributed by atoms with E-state index in [1.165, 1.54) is 6.42 Å².